The van der Waals surface area contributed by atoms with Crippen molar-refractivity contribution in [1.82, 2.24) is 5.48 Å². The van der Waals surface area contributed by atoms with Gasteiger partial charge in [0.15, 0.2) is 0 Å². The summed E-state index contributed by atoms with van der Waals surface area (Å²) in [4.78, 5) is 16.0. The summed E-state index contributed by atoms with van der Waals surface area (Å²) in [6, 6.07) is 0. The standard InChI is InChI=1S/C9H20N2O2/c1-8(2)7-13-11-9(12)5-3-4-6-10/h8H,3-7,10H2,1-2H3,(H,11,12). The fraction of sp³-hybridized carbons (Fsp3) is 0.889. The Bertz CT molecular complexity index is 138. The minimum absolute atomic E-state index is 0.0610. The number of hydroxylamine groups is 1. The van der Waals surface area contributed by atoms with Crippen molar-refractivity contribution in [2.45, 2.75) is 33.1 Å². The Labute approximate surface area is 79.8 Å². The van der Waals surface area contributed by atoms with E-state index in [9.17, 15) is 4.79 Å². The minimum Gasteiger partial charge on any atom is -0.330 e. The number of rotatable bonds is 7. The largest absolute Gasteiger partial charge is 0.330 e. The highest BCUT2D eigenvalue weighted by Crippen LogP contribution is 1.94. The number of hydrogen-bond donors (Lipinski definition) is 2. The van der Waals surface area contributed by atoms with E-state index >= 15 is 0 Å². The Morgan fingerprint density at radius 3 is 2.69 bits per heavy atom. The normalized spacial score (nSPS) is 10.5. The van der Waals surface area contributed by atoms with E-state index in [0.717, 1.165) is 12.8 Å². The smallest absolute Gasteiger partial charge is 0.243 e. The van der Waals surface area contributed by atoms with Crippen LogP contribution in [0.1, 0.15) is 33.1 Å². The number of carbonyl (C=O) groups excluding carboxylic acids is 1. The first-order chi connectivity index (χ1) is 6.16. The van der Waals surface area contributed by atoms with Crippen LogP contribution < -0.4 is 11.2 Å². The van der Waals surface area contributed by atoms with Gasteiger partial charge in [0.2, 0.25) is 5.91 Å². The van der Waals surface area contributed by atoms with E-state index in [1.807, 2.05) is 13.8 Å². The lowest BCUT2D eigenvalue weighted by Crippen LogP contribution is -2.25. The molecular weight excluding hydrogens is 168 g/mol. The molecule has 0 fully saturated rings. The van der Waals surface area contributed by atoms with Gasteiger partial charge in [-0.15, -0.1) is 0 Å². The third-order valence-corrected chi connectivity index (χ3v) is 1.46. The molecule has 4 nitrogen and oxygen atoms in total. The van der Waals surface area contributed by atoms with E-state index < -0.39 is 0 Å². The van der Waals surface area contributed by atoms with Gasteiger partial charge < -0.3 is 5.73 Å². The Hall–Kier alpha value is -0.610. The van der Waals surface area contributed by atoms with Crippen LogP contribution in [0.2, 0.25) is 0 Å². The second kappa shape index (κ2) is 8.01. The van der Waals surface area contributed by atoms with Gasteiger partial charge in [0.05, 0.1) is 6.61 Å². The number of carbonyl (C=O) groups is 1. The molecule has 78 valence electrons. The van der Waals surface area contributed by atoms with Crippen molar-refractivity contribution in [3.8, 4) is 0 Å². The van der Waals surface area contributed by atoms with Crippen LogP contribution in [-0.4, -0.2) is 19.1 Å². The molecule has 0 atom stereocenters. The molecule has 0 radical (unpaired) electrons. The van der Waals surface area contributed by atoms with Crippen molar-refractivity contribution in [2.24, 2.45) is 11.7 Å². The molecule has 0 aliphatic rings. The zero-order valence-electron chi connectivity index (χ0n) is 8.51. The maximum absolute atomic E-state index is 11.0. The molecule has 0 aliphatic heterocycles. The molecule has 0 aliphatic carbocycles. The summed E-state index contributed by atoms with van der Waals surface area (Å²) < 4.78 is 0. The van der Waals surface area contributed by atoms with Crippen LogP contribution in [0.4, 0.5) is 0 Å². The van der Waals surface area contributed by atoms with E-state index in [1.165, 1.54) is 0 Å². The molecule has 0 bridgehead atoms. The summed E-state index contributed by atoms with van der Waals surface area (Å²) in [7, 11) is 0. The highest BCUT2D eigenvalue weighted by Gasteiger charge is 2.00. The molecule has 3 N–H and O–H groups in total. The average Bonchev–Trinajstić information content (AvgIpc) is 2.04. The number of amides is 1. The molecule has 4 heteroatoms. The second-order valence-corrected chi connectivity index (χ2v) is 3.48. The van der Waals surface area contributed by atoms with E-state index in [2.05, 4.69) is 5.48 Å². The predicted octanol–water partition coefficient (Wildman–Crippen LogP) is 0.819. The number of nitrogens with one attached hydrogen (secondary N) is 1. The Morgan fingerprint density at radius 2 is 2.15 bits per heavy atom. The van der Waals surface area contributed by atoms with E-state index in [0.29, 0.717) is 25.5 Å². The number of unbranched alkanes of at least 4 members (excludes halogenated alkanes) is 1. The van der Waals surface area contributed by atoms with Gasteiger partial charge in [0.1, 0.15) is 0 Å². The molecule has 0 spiro atoms. The fourth-order valence-electron chi connectivity index (χ4n) is 0.770. The molecule has 0 heterocycles. The van der Waals surface area contributed by atoms with Gasteiger partial charge in [-0.1, -0.05) is 13.8 Å². The first-order valence-electron chi connectivity index (χ1n) is 4.77. The van der Waals surface area contributed by atoms with Crippen LogP contribution in [-0.2, 0) is 9.63 Å². The first-order valence-corrected chi connectivity index (χ1v) is 4.77. The molecule has 0 aromatic carbocycles. The van der Waals surface area contributed by atoms with Crippen molar-refractivity contribution >= 4 is 5.91 Å². The first kappa shape index (κ1) is 12.4. The summed E-state index contributed by atoms with van der Waals surface area (Å²) in [6.45, 7) is 5.25. The van der Waals surface area contributed by atoms with E-state index in [-0.39, 0.29) is 5.91 Å². The van der Waals surface area contributed by atoms with Gasteiger partial charge in [-0.2, -0.15) is 0 Å². The van der Waals surface area contributed by atoms with Crippen molar-refractivity contribution in [1.29, 1.82) is 0 Å². The minimum atomic E-state index is -0.0610. The summed E-state index contributed by atoms with van der Waals surface area (Å²) in [5.74, 6) is 0.374. The quantitative estimate of drug-likeness (QED) is 0.459. The maximum Gasteiger partial charge on any atom is 0.243 e. The van der Waals surface area contributed by atoms with Gasteiger partial charge in [-0.3, -0.25) is 9.63 Å². The van der Waals surface area contributed by atoms with Gasteiger partial charge in [0.25, 0.3) is 0 Å². The second-order valence-electron chi connectivity index (χ2n) is 3.48. The van der Waals surface area contributed by atoms with E-state index in [4.69, 9.17) is 10.6 Å². The molecule has 1 amide bonds. The third kappa shape index (κ3) is 9.30. The Morgan fingerprint density at radius 1 is 1.46 bits per heavy atom. The van der Waals surface area contributed by atoms with Crippen molar-refractivity contribution < 1.29 is 9.63 Å². The van der Waals surface area contributed by atoms with Crippen LogP contribution in [0.5, 0.6) is 0 Å². The van der Waals surface area contributed by atoms with Crippen molar-refractivity contribution in [2.75, 3.05) is 13.2 Å². The summed E-state index contributed by atoms with van der Waals surface area (Å²) >= 11 is 0. The highest BCUT2D eigenvalue weighted by atomic mass is 16.6. The SMILES string of the molecule is CC(C)CONC(=O)CCCCN. The summed E-state index contributed by atoms with van der Waals surface area (Å²) in [5.41, 5.74) is 7.68. The molecule has 0 saturated heterocycles. The maximum atomic E-state index is 11.0. The van der Waals surface area contributed by atoms with Crippen LogP contribution in [0, 0.1) is 5.92 Å². The fourth-order valence-corrected chi connectivity index (χ4v) is 0.770. The van der Waals surface area contributed by atoms with Gasteiger partial charge in [-0.05, 0) is 25.3 Å². The van der Waals surface area contributed by atoms with Crippen LogP contribution >= 0.6 is 0 Å². The van der Waals surface area contributed by atoms with Crippen molar-refractivity contribution in [3.63, 3.8) is 0 Å². The zero-order valence-corrected chi connectivity index (χ0v) is 8.51. The topological polar surface area (TPSA) is 64.3 Å². The summed E-state index contributed by atoms with van der Waals surface area (Å²) in [5, 5.41) is 0. The molecular formula is C9H20N2O2. The molecule has 13 heavy (non-hydrogen) atoms. The lowest BCUT2D eigenvalue weighted by atomic mass is 10.2. The van der Waals surface area contributed by atoms with Crippen LogP contribution in [0.15, 0.2) is 0 Å². The van der Waals surface area contributed by atoms with Crippen molar-refractivity contribution in [3.05, 3.63) is 0 Å². The predicted molar refractivity (Wildman–Crippen MR) is 51.8 cm³/mol. The molecule has 0 unspecified atom stereocenters. The lowest BCUT2D eigenvalue weighted by molar-refractivity contribution is -0.134. The molecule has 0 saturated carbocycles. The van der Waals surface area contributed by atoms with Gasteiger partial charge >= 0.3 is 0 Å². The monoisotopic (exact) mass is 188 g/mol. The Balaban J connectivity index is 3.20. The third-order valence-electron chi connectivity index (χ3n) is 1.46. The Kier molecular flexibility index (Phi) is 7.63. The van der Waals surface area contributed by atoms with Crippen LogP contribution in [0.25, 0.3) is 0 Å². The lowest BCUT2D eigenvalue weighted by Gasteiger charge is -2.07. The average molecular weight is 188 g/mol. The molecule has 0 aromatic heterocycles. The summed E-state index contributed by atoms with van der Waals surface area (Å²) in [6.07, 6.45) is 2.21. The molecule has 0 aromatic rings. The van der Waals surface area contributed by atoms with Gasteiger partial charge in [-0.25, -0.2) is 5.48 Å². The van der Waals surface area contributed by atoms with E-state index in [1.54, 1.807) is 0 Å². The highest BCUT2D eigenvalue weighted by molar-refractivity contribution is 5.74. The zero-order chi connectivity index (χ0) is 10.1. The van der Waals surface area contributed by atoms with Crippen LogP contribution in [0.3, 0.4) is 0 Å². The molecule has 0 rings (SSSR count). The van der Waals surface area contributed by atoms with Gasteiger partial charge in [0, 0.05) is 6.42 Å². The number of hydrogen-bond acceptors (Lipinski definition) is 3. The number of nitrogens with two attached hydrogens (primary N) is 1.